The molecule has 0 spiro atoms. The molecular weight excluding hydrogens is 482 g/mol. The van der Waals surface area contributed by atoms with Crippen LogP contribution < -0.4 is 5.32 Å². The number of amides is 1. The maximum Gasteiger partial charge on any atom is 0.340 e. The summed E-state index contributed by atoms with van der Waals surface area (Å²) in [6.07, 6.45) is 0.237. The number of rotatable bonds is 6. The van der Waals surface area contributed by atoms with E-state index in [4.69, 9.17) is 9.72 Å². The minimum atomic E-state index is -0.906. The fraction of sp³-hybridized carbons (Fsp3) is 0.346. The van der Waals surface area contributed by atoms with Gasteiger partial charge in [0, 0.05) is 46.7 Å². The number of nitrogens with one attached hydrogen (secondary N) is 1. The number of nitrogens with zero attached hydrogens (tertiary/aromatic N) is 2. The number of pyridine rings is 1. The highest BCUT2D eigenvalue weighted by Gasteiger charge is 2.30. The average molecular weight is 510 g/mol. The Bertz CT molecular complexity index is 1190. The second-order valence-corrected chi connectivity index (χ2v) is 9.37. The van der Waals surface area contributed by atoms with Crippen LogP contribution in [0.2, 0.25) is 0 Å². The standard InChI is InChI=1S/C26H28BrN3O3/c1-4-23(25(31)29-22-12-8-6-10-19(22)27)33-26(32)24-17-9-5-7-11-20(17)28-21-13-14-30(16(2)3)15-18(21)24/h5-12,16,23H,4,13-15H2,1-3H3,(H,29,31). The molecule has 0 radical (unpaired) electrons. The highest BCUT2D eigenvalue weighted by atomic mass is 79.9. The lowest BCUT2D eigenvalue weighted by molar-refractivity contribution is -0.124. The number of ether oxygens (including phenoxy) is 1. The number of para-hydroxylation sites is 2. The minimum Gasteiger partial charge on any atom is -0.449 e. The van der Waals surface area contributed by atoms with Crippen LogP contribution in [0.25, 0.3) is 10.9 Å². The molecule has 3 aromatic rings. The molecule has 1 N–H and O–H groups in total. The molecule has 1 aliphatic heterocycles. The van der Waals surface area contributed by atoms with E-state index >= 15 is 0 Å². The quantitative estimate of drug-likeness (QED) is 0.454. The van der Waals surface area contributed by atoms with Crippen LogP contribution in [0.4, 0.5) is 5.69 Å². The lowest BCUT2D eigenvalue weighted by atomic mass is 9.95. The molecule has 1 amide bonds. The van der Waals surface area contributed by atoms with Gasteiger partial charge >= 0.3 is 5.97 Å². The van der Waals surface area contributed by atoms with Crippen molar-refractivity contribution >= 4 is 44.4 Å². The number of benzene rings is 2. The summed E-state index contributed by atoms with van der Waals surface area (Å²) in [5.41, 5.74) is 3.76. The molecule has 1 unspecified atom stereocenters. The topological polar surface area (TPSA) is 71.5 Å². The third kappa shape index (κ3) is 4.94. The molecule has 6 nitrogen and oxygen atoms in total. The molecule has 1 atom stereocenters. The molecule has 0 fully saturated rings. The molecule has 4 rings (SSSR count). The number of aromatic nitrogens is 1. The first-order valence-corrected chi connectivity index (χ1v) is 12.1. The molecule has 0 aliphatic carbocycles. The first-order valence-electron chi connectivity index (χ1n) is 11.3. The van der Waals surface area contributed by atoms with Crippen LogP contribution in [-0.4, -0.2) is 40.5 Å². The number of carbonyl (C=O) groups excluding carboxylic acids is 2. The average Bonchev–Trinajstić information content (AvgIpc) is 2.81. The second kappa shape index (κ2) is 10.0. The molecule has 1 aliphatic rings. The Balaban J connectivity index is 1.66. The van der Waals surface area contributed by atoms with Gasteiger partial charge in [0.2, 0.25) is 0 Å². The third-order valence-corrected chi connectivity index (χ3v) is 6.75. The molecule has 1 aromatic heterocycles. The molecule has 0 bridgehead atoms. The van der Waals surface area contributed by atoms with Gasteiger partial charge in [-0.15, -0.1) is 0 Å². The van der Waals surface area contributed by atoms with E-state index in [0.29, 0.717) is 30.3 Å². The van der Waals surface area contributed by atoms with E-state index in [1.54, 1.807) is 6.07 Å². The highest BCUT2D eigenvalue weighted by Crippen LogP contribution is 2.30. The normalized spacial score (nSPS) is 14.7. The van der Waals surface area contributed by atoms with E-state index in [-0.39, 0.29) is 5.91 Å². The zero-order valence-electron chi connectivity index (χ0n) is 19.1. The fourth-order valence-corrected chi connectivity index (χ4v) is 4.56. The molecule has 2 aromatic carbocycles. The smallest absolute Gasteiger partial charge is 0.340 e. The minimum absolute atomic E-state index is 0.353. The number of fused-ring (bicyclic) bond motifs is 2. The Labute approximate surface area is 202 Å². The second-order valence-electron chi connectivity index (χ2n) is 8.51. The summed E-state index contributed by atoms with van der Waals surface area (Å²) in [5, 5.41) is 3.61. The summed E-state index contributed by atoms with van der Waals surface area (Å²) in [5.74, 6) is -0.835. The van der Waals surface area contributed by atoms with E-state index in [0.717, 1.165) is 39.6 Å². The largest absolute Gasteiger partial charge is 0.449 e. The summed E-state index contributed by atoms with van der Waals surface area (Å²) < 4.78 is 6.58. The zero-order chi connectivity index (χ0) is 23.5. The predicted octanol–water partition coefficient (Wildman–Crippen LogP) is 5.34. The summed E-state index contributed by atoms with van der Waals surface area (Å²) in [6.45, 7) is 7.66. The molecule has 172 valence electrons. The van der Waals surface area contributed by atoms with Crippen LogP contribution in [0, 0.1) is 0 Å². The summed E-state index contributed by atoms with van der Waals surface area (Å²) >= 11 is 3.43. The van der Waals surface area contributed by atoms with Crippen LogP contribution in [0.1, 0.15) is 48.8 Å². The van der Waals surface area contributed by atoms with E-state index in [1.165, 1.54) is 0 Å². The molecule has 33 heavy (non-hydrogen) atoms. The van der Waals surface area contributed by atoms with Crippen molar-refractivity contribution in [3.63, 3.8) is 0 Å². The molecule has 0 saturated heterocycles. The van der Waals surface area contributed by atoms with Gasteiger partial charge in [-0.25, -0.2) is 4.79 Å². The number of carbonyl (C=O) groups is 2. The van der Waals surface area contributed by atoms with Crippen LogP contribution in [0.15, 0.2) is 53.0 Å². The number of hydrogen-bond acceptors (Lipinski definition) is 5. The SMILES string of the molecule is CCC(OC(=O)c1c2c(nc3ccccc13)CCN(C(C)C)C2)C(=O)Nc1ccccc1Br. The monoisotopic (exact) mass is 509 g/mol. The Morgan fingerprint density at radius 2 is 1.88 bits per heavy atom. The maximum atomic E-state index is 13.5. The van der Waals surface area contributed by atoms with E-state index in [1.807, 2.05) is 49.4 Å². The van der Waals surface area contributed by atoms with Crippen LogP contribution in [0.3, 0.4) is 0 Å². The lowest BCUT2D eigenvalue weighted by Gasteiger charge is -2.32. The Morgan fingerprint density at radius 3 is 2.61 bits per heavy atom. The van der Waals surface area contributed by atoms with Gasteiger partial charge in [0.1, 0.15) is 0 Å². The van der Waals surface area contributed by atoms with Gasteiger partial charge in [0.05, 0.1) is 16.8 Å². The number of halogens is 1. The summed E-state index contributed by atoms with van der Waals surface area (Å²) in [6, 6.07) is 15.3. The zero-order valence-corrected chi connectivity index (χ0v) is 20.7. The maximum absolute atomic E-state index is 13.5. The Morgan fingerprint density at radius 1 is 1.15 bits per heavy atom. The van der Waals surface area contributed by atoms with Gasteiger partial charge < -0.3 is 10.1 Å². The van der Waals surface area contributed by atoms with Crippen molar-refractivity contribution in [3.05, 3.63) is 69.8 Å². The van der Waals surface area contributed by atoms with Gasteiger partial charge in [-0.3, -0.25) is 14.7 Å². The van der Waals surface area contributed by atoms with Crippen molar-refractivity contribution in [1.82, 2.24) is 9.88 Å². The Kier molecular flexibility index (Phi) is 7.10. The van der Waals surface area contributed by atoms with E-state index < -0.39 is 12.1 Å². The summed E-state index contributed by atoms with van der Waals surface area (Å²) in [7, 11) is 0. The van der Waals surface area contributed by atoms with Crippen LogP contribution in [-0.2, 0) is 22.5 Å². The van der Waals surface area contributed by atoms with Crippen molar-refractivity contribution in [2.45, 2.75) is 52.3 Å². The number of hydrogen-bond donors (Lipinski definition) is 1. The summed E-state index contributed by atoms with van der Waals surface area (Å²) in [4.78, 5) is 33.6. The van der Waals surface area contributed by atoms with Gasteiger partial charge in [0.15, 0.2) is 6.10 Å². The van der Waals surface area contributed by atoms with Gasteiger partial charge in [-0.05, 0) is 54.4 Å². The van der Waals surface area contributed by atoms with Gasteiger partial charge in [-0.2, -0.15) is 0 Å². The van der Waals surface area contributed by atoms with Crippen LogP contribution in [0.5, 0.6) is 0 Å². The number of anilines is 1. The molecular formula is C26H28BrN3O3. The molecule has 2 heterocycles. The van der Waals surface area contributed by atoms with Gasteiger partial charge in [0.25, 0.3) is 5.91 Å². The van der Waals surface area contributed by atoms with E-state index in [9.17, 15) is 9.59 Å². The first-order chi connectivity index (χ1) is 15.9. The first kappa shape index (κ1) is 23.4. The van der Waals surface area contributed by atoms with Crippen molar-refractivity contribution in [1.29, 1.82) is 0 Å². The van der Waals surface area contributed by atoms with Crippen molar-refractivity contribution < 1.29 is 14.3 Å². The lowest BCUT2D eigenvalue weighted by Crippen LogP contribution is -2.38. The molecule has 0 saturated carbocycles. The fourth-order valence-electron chi connectivity index (χ4n) is 4.17. The molecule has 7 heteroatoms. The van der Waals surface area contributed by atoms with E-state index in [2.05, 4.69) is 40.0 Å². The van der Waals surface area contributed by atoms with Crippen molar-refractivity contribution in [2.24, 2.45) is 0 Å². The Hall–Kier alpha value is -2.77. The van der Waals surface area contributed by atoms with Gasteiger partial charge in [-0.1, -0.05) is 37.3 Å². The predicted molar refractivity (Wildman–Crippen MR) is 133 cm³/mol. The highest BCUT2D eigenvalue weighted by molar-refractivity contribution is 9.10. The van der Waals surface area contributed by atoms with Crippen molar-refractivity contribution in [3.8, 4) is 0 Å². The number of esters is 1. The van der Waals surface area contributed by atoms with Crippen molar-refractivity contribution in [2.75, 3.05) is 11.9 Å². The van der Waals surface area contributed by atoms with Crippen LogP contribution >= 0.6 is 15.9 Å². The third-order valence-electron chi connectivity index (χ3n) is 6.05.